The number of nitrogens with zero attached hydrogens (tertiary/aromatic N) is 2. The molecule has 0 aromatic heterocycles. The maximum absolute atomic E-state index is 14.2. The van der Waals surface area contributed by atoms with E-state index in [4.69, 9.17) is 23.2 Å². The molecule has 2 aliphatic heterocycles. The normalized spacial score (nSPS) is 31.8. The van der Waals surface area contributed by atoms with Crippen LogP contribution in [0, 0.1) is 17.8 Å². The van der Waals surface area contributed by atoms with Gasteiger partial charge in [-0.05, 0) is 59.9 Å². The monoisotopic (exact) mass is 680 g/mol. The van der Waals surface area contributed by atoms with E-state index in [2.05, 4.69) is 15.9 Å². The minimum Gasteiger partial charge on any atom is -0.507 e. The van der Waals surface area contributed by atoms with Crippen molar-refractivity contribution >= 4 is 79.2 Å². The molecule has 6 atom stereocenters. The van der Waals surface area contributed by atoms with Crippen molar-refractivity contribution < 1.29 is 24.3 Å². The summed E-state index contributed by atoms with van der Waals surface area (Å²) < 4.78 is 0. The van der Waals surface area contributed by atoms with E-state index in [1.54, 1.807) is 36.4 Å². The van der Waals surface area contributed by atoms with E-state index in [1.165, 1.54) is 4.90 Å². The largest absolute Gasteiger partial charge is 0.507 e. The molecule has 0 bridgehead atoms. The van der Waals surface area contributed by atoms with Crippen molar-refractivity contribution in [3.63, 3.8) is 0 Å². The first-order valence-electron chi connectivity index (χ1n) is 14.3. The number of halogens is 3. The number of anilines is 1. The van der Waals surface area contributed by atoms with Crippen LogP contribution in [0.5, 0.6) is 5.75 Å². The van der Waals surface area contributed by atoms with E-state index in [0.717, 1.165) is 16.9 Å². The quantitative estimate of drug-likeness (QED) is 0.157. The molecule has 7 rings (SSSR count). The van der Waals surface area contributed by atoms with Gasteiger partial charge in [-0.1, -0.05) is 77.0 Å². The van der Waals surface area contributed by atoms with Crippen LogP contribution in [0.15, 0.2) is 72.3 Å². The number of allylic oxidation sites excluding steroid dienone is 2. The number of benzene rings is 3. The van der Waals surface area contributed by atoms with Crippen LogP contribution in [0.2, 0.25) is 0 Å². The van der Waals surface area contributed by atoms with Gasteiger partial charge in [-0.15, -0.1) is 23.2 Å². The third-order valence-electron chi connectivity index (χ3n) is 9.86. The van der Waals surface area contributed by atoms with Gasteiger partial charge < -0.3 is 5.11 Å². The smallest absolute Gasteiger partial charge is 0.254 e. The van der Waals surface area contributed by atoms with Gasteiger partial charge in [0.05, 0.1) is 23.0 Å². The summed E-state index contributed by atoms with van der Waals surface area (Å²) >= 11 is 18.0. The Labute approximate surface area is 266 Å². The first kappa shape index (κ1) is 28.6. The Kier molecular flexibility index (Phi) is 6.58. The second kappa shape index (κ2) is 9.91. The summed E-state index contributed by atoms with van der Waals surface area (Å²) in [4.78, 5) is 54.4. The zero-order valence-corrected chi connectivity index (χ0v) is 26.2. The Morgan fingerprint density at radius 2 is 1.60 bits per heavy atom. The molecule has 0 spiro atoms. The summed E-state index contributed by atoms with van der Waals surface area (Å²) in [5.74, 6) is -4.77. The maximum atomic E-state index is 14.2. The van der Waals surface area contributed by atoms with Gasteiger partial charge in [0.1, 0.15) is 5.75 Å². The fourth-order valence-corrected chi connectivity index (χ4v) is 9.21. The highest BCUT2D eigenvalue weighted by molar-refractivity contribution is 9.09. The molecule has 7 nitrogen and oxygen atoms in total. The van der Waals surface area contributed by atoms with Crippen molar-refractivity contribution in [2.45, 2.75) is 41.9 Å². The Morgan fingerprint density at radius 1 is 0.907 bits per heavy atom. The van der Waals surface area contributed by atoms with E-state index in [9.17, 15) is 24.3 Å². The zero-order chi connectivity index (χ0) is 30.4. The van der Waals surface area contributed by atoms with E-state index in [1.807, 2.05) is 37.3 Å². The number of aryl methyl sites for hydroxylation is 1. The van der Waals surface area contributed by atoms with Crippen LogP contribution in [0.4, 0.5) is 5.69 Å². The number of phenolic OH excluding ortho intramolecular Hbond substituents is 1. The number of carbonyl (C=O) groups is 4. The third-order valence-corrected chi connectivity index (χ3v) is 11.8. The zero-order valence-electron chi connectivity index (χ0n) is 23.1. The third kappa shape index (κ3) is 3.66. The number of aromatic hydroxyl groups is 1. The average molecular weight is 682 g/mol. The van der Waals surface area contributed by atoms with Crippen molar-refractivity contribution in [2.24, 2.45) is 17.8 Å². The fraction of sp³-hybridized carbons (Fsp3) is 0.333. The summed E-state index contributed by atoms with van der Waals surface area (Å²) in [5, 5.41) is 11.9. The Bertz CT molecular complexity index is 1780. The molecule has 4 amide bonds. The molecule has 1 saturated carbocycles. The fourth-order valence-electron chi connectivity index (χ4n) is 7.79. The minimum atomic E-state index is -1.91. The number of hydrogen-bond donors (Lipinski definition) is 1. The summed E-state index contributed by atoms with van der Waals surface area (Å²) in [6.07, 6.45) is 2.95. The van der Waals surface area contributed by atoms with Gasteiger partial charge in [0.2, 0.25) is 11.8 Å². The lowest BCUT2D eigenvalue weighted by molar-refractivity contribution is -0.138. The Hall–Kier alpha value is -3.20. The first-order valence-corrected chi connectivity index (χ1v) is 16.1. The van der Waals surface area contributed by atoms with E-state index in [0.29, 0.717) is 27.6 Å². The van der Waals surface area contributed by atoms with E-state index in [-0.39, 0.29) is 35.9 Å². The van der Waals surface area contributed by atoms with Gasteiger partial charge >= 0.3 is 0 Å². The van der Waals surface area contributed by atoms with Gasteiger partial charge in [0.25, 0.3) is 11.8 Å². The molecule has 3 aromatic rings. The second-order valence-electron chi connectivity index (χ2n) is 11.7. The van der Waals surface area contributed by atoms with Crippen molar-refractivity contribution in [3.8, 4) is 5.75 Å². The molecular formula is C33H27BrCl2N2O5. The predicted octanol–water partition coefficient (Wildman–Crippen LogP) is 6.02. The van der Waals surface area contributed by atoms with Gasteiger partial charge in [0, 0.05) is 11.3 Å². The summed E-state index contributed by atoms with van der Waals surface area (Å²) in [6, 6.07) is 17.8. The number of phenols is 1. The molecule has 1 N–H and O–H groups in total. The number of likely N-dealkylation sites (tertiary alicyclic amines) is 1. The maximum Gasteiger partial charge on any atom is 0.254 e. The van der Waals surface area contributed by atoms with E-state index >= 15 is 0 Å². The topological polar surface area (TPSA) is 95.0 Å². The predicted molar refractivity (Wildman–Crippen MR) is 167 cm³/mol. The lowest BCUT2D eigenvalue weighted by atomic mass is 9.56. The van der Waals surface area contributed by atoms with Crippen LogP contribution in [0.25, 0.3) is 10.8 Å². The van der Waals surface area contributed by atoms with Crippen LogP contribution >= 0.6 is 39.1 Å². The number of hydrogen-bond acceptors (Lipinski definition) is 5. The highest BCUT2D eigenvalue weighted by atomic mass is 79.9. The molecule has 4 aliphatic rings. The number of rotatable bonds is 4. The van der Waals surface area contributed by atoms with Gasteiger partial charge in [-0.25, -0.2) is 0 Å². The highest BCUT2D eigenvalue weighted by Gasteiger charge is 2.76. The van der Waals surface area contributed by atoms with Gasteiger partial charge in [-0.2, -0.15) is 0 Å². The molecule has 10 heteroatoms. The summed E-state index contributed by atoms with van der Waals surface area (Å²) in [5.41, 5.74) is 2.83. The molecule has 3 fully saturated rings. The van der Waals surface area contributed by atoms with Gasteiger partial charge in [-0.3, -0.25) is 29.0 Å². The highest BCUT2D eigenvalue weighted by Crippen LogP contribution is 2.66. The molecule has 2 saturated heterocycles. The molecule has 0 radical (unpaired) electrons. The molecule has 220 valence electrons. The van der Waals surface area contributed by atoms with Crippen LogP contribution < -0.4 is 4.90 Å². The standard InChI is InChI=1S/C33H27BrCl2N2O5/c1-2-17-7-9-18(10-8-17)38-28(40)23-12-11-22-24(26(23)29(38)41)15-32(35)30(42)37(16-34)31(43)33(32,36)27(22)21-13-14-25(39)20-6-4-3-5-19(20)21/h3-11,13-14,23-24,26-27,39H,2,12,15-16H2,1H3/t23-,24+,26-,27-,32+,33-/m0/s1. The number of carbonyl (C=O) groups excluding carboxylic acids is 4. The lowest BCUT2D eigenvalue weighted by Crippen LogP contribution is -2.60. The Morgan fingerprint density at radius 3 is 2.28 bits per heavy atom. The van der Waals surface area contributed by atoms with Crippen molar-refractivity contribution in [3.05, 3.63) is 83.4 Å². The SMILES string of the molecule is CCc1ccc(N2C(=O)[C@H]3[C@H](CC=C4[C@H]3C[C@@]3(Cl)C(=O)N(CBr)C(=O)[C@@]3(Cl)[C@H]4c3ccc(O)c4ccccc34)C2=O)cc1. The summed E-state index contributed by atoms with van der Waals surface area (Å²) in [7, 11) is 0. The molecular weight excluding hydrogens is 655 g/mol. The molecule has 43 heavy (non-hydrogen) atoms. The molecule has 2 heterocycles. The van der Waals surface area contributed by atoms with Gasteiger partial charge in [0.15, 0.2) is 9.75 Å². The second-order valence-corrected chi connectivity index (χ2v) is 13.5. The lowest BCUT2D eigenvalue weighted by Gasteiger charge is -2.51. The van der Waals surface area contributed by atoms with Crippen LogP contribution in [-0.2, 0) is 25.6 Å². The van der Waals surface area contributed by atoms with Crippen LogP contribution in [0.1, 0.15) is 36.8 Å². The van der Waals surface area contributed by atoms with Crippen molar-refractivity contribution in [2.75, 3.05) is 10.4 Å². The number of amides is 4. The number of fused-ring (bicyclic) bond motifs is 5. The number of alkyl halides is 3. The number of imide groups is 2. The average Bonchev–Trinajstić information content (AvgIpc) is 3.35. The van der Waals surface area contributed by atoms with Crippen molar-refractivity contribution in [1.29, 1.82) is 0 Å². The van der Waals surface area contributed by atoms with E-state index < -0.39 is 45.2 Å². The Balaban J connectivity index is 1.42. The van der Waals surface area contributed by atoms with Crippen LogP contribution in [0.3, 0.4) is 0 Å². The van der Waals surface area contributed by atoms with Crippen LogP contribution in [-0.4, -0.2) is 48.8 Å². The van der Waals surface area contributed by atoms with Crippen molar-refractivity contribution in [1.82, 2.24) is 4.90 Å². The molecule has 2 aliphatic carbocycles. The summed E-state index contributed by atoms with van der Waals surface area (Å²) in [6.45, 7) is 2.03. The first-order chi connectivity index (χ1) is 20.6. The minimum absolute atomic E-state index is 0.0577. The molecule has 3 aromatic carbocycles. The molecule has 0 unspecified atom stereocenters.